The minimum atomic E-state index is -0.234. The zero-order chi connectivity index (χ0) is 17.0. The van der Waals surface area contributed by atoms with Crippen LogP contribution in [-0.4, -0.2) is 30.7 Å². The molecule has 5 heteroatoms. The van der Waals surface area contributed by atoms with Gasteiger partial charge in [-0.15, -0.1) is 0 Å². The number of aromatic nitrogens is 1. The van der Waals surface area contributed by atoms with Gasteiger partial charge in [0.15, 0.2) is 0 Å². The van der Waals surface area contributed by atoms with Crippen LogP contribution < -0.4 is 15.4 Å². The van der Waals surface area contributed by atoms with Gasteiger partial charge in [0, 0.05) is 42.1 Å². The zero-order valence-corrected chi connectivity index (χ0v) is 14.3. The van der Waals surface area contributed by atoms with Gasteiger partial charge in [-0.1, -0.05) is 0 Å². The highest BCUT2D eigenvalue weighted by Crippen LogP contribution is 2.45. The van der Waals surface area contributed by atoms with Crippen LogP contribution in [0, 0.1) is 17.7 Å². The van der Waals surface area contributed by atoms with Gasteiger partial charge < -0.3 is 15.4 Å². The third-order valence-electron chi connectivity index (χ3n) is 5.99. The minimum absolute atomic E-state index is 0.0309. The molecule has 25 heavy (non-hydrogen) atoms. The summed E-state index contributed by atoms with van der Waals surface area (Å²) < 4.78 is 19.5. The van der Waals surface area contributed by atoms with Crippen molar-refractivity contribution in [2.45, 2.75) is 25.0 Å². The van der Waals surface area contributed by atoms with Gasteiger partial charge in [-0.2, -0.15) is 0 Å². The number of fused-ring (bicyclic) bond motifs is 1. The van der Waals surface area contributed by atoms with Gasteiger partial charge in [0.2, 0.25) is 5.88 Å². The molecular weight excluding hydrogens is 317 g/mol. The van der Waals surface area contributed by atoms with Crippen molar-refractivity contribution in [1.29, 1.82) is 0 Å². The normalized spacial score (nSPS) is 32.8. The Morgan fingerprint density at radius 3 is 2.52 bits per heavy atom. The Morgan fingerprint density at radius 1 is 1.16 bits per heavy atom. The van der Waals surface area contributed by atoms with E-state index < -0.39 is 0 Å². The van der Waals surface area contributed by atoms with E-state index in [9.17, 15) is 4.39 Å². The quantitative estimate of drug-likeness (QED) is 0.899. The Morgan fingerprint density at radius 2 is 1.88 bits per heavy atom. The van der Waals surface area contributed by atoms with Crippen molar-refractivity contribution in [3.05, 3.63) is 47.8 Å². The van der Waals surface area contributed by atoms with Crippen LogP contribution in [0.1, 0.15) is 18.9 Å². The highest BCUT2D eigenvalue weighted by Gasteiger charge is 2.55. The van der Waals surface area contributed by atoms with Crippen LogP contribution >= 0.6 is 0 Å². The van der Waals surface area contributed by atoms with Crippen molar-refractivity contribution in [2.24, 2.45) is 11.8 Å². The number of rotatable bonds is 4. The maximum Gasteiger partial charge on any atom is 0.214 e. The fraction of sp³-hybridized carbons (Fsp3) is 0.450. The number of hydrogen-bond donors (Lipinski definition) is 2. The molecular formula is C20H22FN3O. The molecule has 0 spiro atoms. The van der Waals surface area contributed by atoms with Crippen molar-refractivity contribution >= 4 is 0 Å². The molecule has 130 valence electrons. The van der Waals surface area contributed by atoms with Crippen molar-refractivity contribution in [1.82, 2.24) is 15.6 Å². The Labute approximate surface area is 146 Å². The molecule has 3 aliphatic rings. The summed E-state index contributed by atoms with van der Waals surface area (Å²) in [6.45, 7) is 5.32. The van der Waals surface area contributed by atoms with E-state index >= 15 is 0 Å². The Bertz CT molecular complexity index is 793. The molecule has 3 unspecified atom stereocenters. The third kappa shape index (κ3) is 2.62. The fourth-order valence-electron chi connectivity index (χ4n) is 4.07. The van der Waals surface area contributed by atoms with Crippen LogP contribution in [0.3, 0.4) is 0 Å². The van der Waals surface area contributed by atoms with E-state index in [1.807, 2.05) is 0 Å². The first kappa shape index (κ1) is 15.3. The highest BCUT2D eigenvalue weighted by molar-refractivity contribution is 5.61. The molecule has 0 radical (unpaired) electrons. The number of pyridine rings is 1. The number of halogens is 1. The smallest absolute Gasteiger partial charge is 0.214 e. The third-order valence-corrected chi connectivity index (χ3v) is 5.99. The maximum absolute atomic E-state index is 13.3. The van der Waals surface area contributed by atoms with Gasteiger partial charge in [0.1, 0.15) is 11.9 Å². The molecule has 0 bridgehead atoms. The standard InChI is InChI=1S/C20H22FN3O/c1-20(6-7-23-20)13-8-17(12-2-4-14(21)5-3-12)24-18(9-13)25-19-15-10-22-11-16(15)19/h2-5,8-9,15-16,19,22-23H,6-7,10-11H2,1H3. The molecule has 3 fully saturated rings. The predicted molar refractivity (Wildman–Crippen MR) is 93.9 cm³/mol. The van der Waals surface area contributed by atoms with Gasteiger partial charge >= 0.3 is 0 Å². The number of nitrogens with zero attached hydrogens (tertiary/aromatic N) is 1. The summed E-state index contributed by atoms with van der Waals surface area (Å²) in [5.41, 5.74) is 2.91. The Balaban J connectivity index is 1.50. The highest BCUT2D eigenvalue weighted by atomic mass is 19.1. The Hall–Kier alpha value is -1.98. The molecule has 2 saturated heterocycles. The van der Waals surface area contributed by atoms with Crippen LogP contribution in [0.25, 0.3) is 11.3 Å². The lowest BCUT2D eigenvalue weighted by Crippen LogP contribution is -2.51. The summed E-state index contributed by atoms with van der Waals surface area (Å²) >= 11 is 0. The van der Waals surface area contributed by atoms with E-state index in [2.05, 4.69) is 29.7 Å². The number of ether oxygens (including phenoxy) is 1. The van der Waals surface area contributed by atoms with Crippen molar-refractivity contribution in [2.75, 3.05) is 19.6 Å². The topological polar surface area (TPSA) is 46.2 Å². The Kier molecular flexibility index (Phi) is 3.37. The van der Waals surface area contributed by atoms with Crippen LogP contribution in [-0.2, 0) is 5.54 Å². The van der Waals surface area contributed by atoms with Crippen LogP contribution in [0.2, 0.25) is 0 Å². The number of hydrogen-bond acceptors (Lipinski definition) is 4. The minimum Gasteiger partial charge on any atom is -0.474 e. The van der Waals surface area contributed by atoms with E-state index in [-0.39, 0.29) is 17.5 Å². The first-order valence-corrected chi connectivity index (χ1v) is 9.03. The molecule has 4 nitrogen and oxygen atoms in total. The van der Waals surface area contributed by atoms with Gasteiger partial charge in [-0.25, -0.2) is 9.37 Å². The monoisotopic (exact) mass is 339 g/mol. The molecule has 3 heterocycles. The van der Waals surface area contributed by atoms with Crippen LogP contribution in [0.5, 0.6) is 5.88 Å². The SMILES string of the molecule is CC1(c2cc(OC3C4CNCC43)nc(-c3ccc(F)cc3)c2)CCN1. The van der Waals surface area contributed by atoms with E-state index in [0.29, 0.717) is 17.7 Å². The average molecular weight is 339 g/mol. The number of nitrogens with one attached hydrogen (secondary N) is 2. The first-order valence-electron chi connectivity index (χ1n) is 9.03. The van der Waals surface area contributed by atoms with Gasteiger partial charge in [-0.3, -0.25) is 0 Å². The lowest BCUT2D eigenvalue weighted by Gasteiger charge is -2.40. The summed E-state index contributed by atoms with van der Waals surface area (Å²) in [7, 11) is 0. The number of piperidine rings is 1. The molecule has 5 rings (SSSR count). The van der Waals surface area contributed by atoms with E-state index in [1.54, 1.807) is 12.1 Å². The average Bonchev–Trinajstić information content (AvgIpc) is 3.02. The molecule has 2 aromatic rings. The molecule has 1 saturated carbocycles. The van der Waals surface area contributed by atoms with Gasteiger partial charge in [0.05, 0.1) is 5.69 Å². The summed E-state index contributed by atoms with van der Waals surface area (Å²) in [6, 6.07) is 10.7. The molecule has 0 amide bonds. The first-order chi connectivity index (χ1) is 12.1. The fourth-order valence-corrected chi connectivity index (χ4v) is 4.07. The summed E-state index contributed by atoms with van der Waals surface area (Å²) in [5.74, 6) is 1.70. The molecule has 2 N–H and O–H groups in total. The van der Waals surface area contributed by atoms with Crippen molar-refractivity contribution in [3.8, 4) is 17.1 Å². The van der Waals surface area contributed by atoms with E-state index in [4.69, 9.17) is 9.72 Å². The lowest BCUT2D eigenvalue weighted by molar-refractivity contribution is 0.229. The second-order valence-corrected chi connectivity index (χ2v) is 7.66. The predicted octanol–water partition coefficient (Wildman–Crippen LogP) is 2.69. The number of benzene rings is 1. The molecule has 2 aliphatic heterocycles. The van der Waals surface area contributed by atoms with E-state index in [0.717, 1.165) is 37.3 Å². The van der Waals surface area contributed by atoms with Gasteiger partial charge in [-0.05, 0) is 55.8 Å². The lowest BCUT2D eigenvalue weighted by atomic mass is 9.82. The van der Waals surface area contributed by atoms with Crippen LogP contribution in [0.4, 0.5) is 4.39 Å². The second-order valence-electron chi connectivity index (χ2n) is 7.66. The molecule has 1 aliphatic carbocycles. The second kappa shape index (κ2) is 5.51. The maximum atomic E-state index is 13.3. The summed E-state index contributed by atoms with van der Waals surface area (Å²) in [6.07, 6.45) is 1.38. The largest absolute Gasteiger partial charge is 0.474 e. The van der Waals surface area contributed by atoms with Crippen molar-refractivity contribution in [3.63, 3.8) is 0 Å². The summed E-state index contributed by atoms with van der Waals surface area (Å²) in [4.78, 5) is 4.72. The molecule has 1 aromatic carbocycles. The van der Waals surface area contributed by atoms with Gasteiger partial charge in [0.25, 0.3) is 0 Å². The van der Waals surface area contributed by atoms with Crippen LogP contribution in [0.15, 0.2) is 36.4 Å². The molecule has 1 aromatic heterocycles. The molecule has 3 atom stereocenters. The zero-order valence-electron chi connectivity index (χ0n) is 14.3. The van der Waals surface area contributed by atoms with E-state index in [1.165, 1.54) is 17.7 Å². The summed E-state index contributed by atoms with van der Waals surface area (Å²) in [5, 5.41) is 6.90. The van der Waals surface area contributed by atoms with Crippen molar-refractivity contribution < 1.29 is 9.13 Å².